The number of ether oxygens (including phenoxy) is 1. The normalized spacial score (nSPS) is 9.40. The number of aromatic hydroxyl groups is 1. The number of phenolic OH excluding ortho intramolecular Hbond substituents is 1. The number of rotatable bonds is 1. The van der Waals surface area contributed by atoms with Crippen LogP contribution in [0.1, 0.15) is 61.2 Å². The summed E-state index contributed by atoms with van der Waals surface area (Å²) in [6, 6.07) is 63.7. The SMILES string of the molecule is COc1ccc(C)cc1.Cc1cc(C)cc(C)c1.Cc1ccc(C)cc1.Cc1ccc(O)cc1.Cc1ccc2ccccc2c1.Cc1cccc(C)c1.Cc1ccccc1. The number of fused-ring (bicyclic) bond motifs is 1. The molecular weight excluding hydrogens is 729 g/mol. The van der Waals surface area contributed by atoms with Crippen LogP contribution in [0.15, 0.2) is 188 Å². The highest BCUT2D eigenvalue weighted by atomic mass is 16.5. The molecule has 0 aromatic heterocycles. The first-order valence-electron chi connectivity index (χ1n) is 20.6. The predicted octanol–water partition coefficient (Wildman–Crippen LogP) is 16.1. The zero-order valence-corrected chi connectivity index (χ0v) is 38.3. The van der Waals surface area contributed by atoms with Gasteiger partial charge in [0.05, 0.1) is 7.11 Å². The van der Waals surface area contributed by atoms with Gasteiger partial charge in [-0.25, -0.2) is 0 Å². The molecule has 0 aliphatic heterocycles. The van der Waals surface area contributed by atoms with E-state index in [-0.39, 0.29) is 0 Å². The minimum Gasteiger partial charge on any atom is -0.508 e. The summed E-state index contributed by atoms with van der Waals surface area (Å²) in [5, 5.41) is 11.4. The molecule has 0 radical (unpaired) electrons. The molecule has 0 saturated carbocycles. The zero-order chi connectivity index (χ0) is 44.3. The van der Waals surface area contributed by atoms with Gasteiger partial charge in [-0.15, -0.1) is 0 Å². The van der Waals surface area contributed by atoms with Gasteiger partial charge in [0.1, 0.15) is 11.5 Å². The second-order valence-corrected chi connectivity index (χ2v) is 15.3. The number of benzene rings is 8. The lowest BCUT2D eigenvalue weighted by atomic mass is 10.1. The van der Waals surface area contributed by atoms with Gasteiger partial charge in [0.25, 0.3) is 0 Å². The first-order valence-corrected chi connectivity index (χ1v) is 20.6. The highest BCUT2D eigenvalue weighted by Crippen LogP contribution is 2.14. The van der Waals surface area contributed by atoms with Crippen molar-refractivity contribution in [2.45, 2.75) is 76.2 Å². The lowest BCUT2D eigenvalue weighted by Crippen LogP contribution is -1.80. The molecular formula is C58H68O2. The minimum atomic E-state index is 0.329. The summed E-state index contributed by atoms with van der Waals surface area (Å²) < 4.78 is 4.97. The summed E-state index contributed by atoms with van der Waals surface area (Å²) in [4.78, 5) is 0. The van der Waals surface area contributed by atoms with Crippen LogP contribution in [-0.2, 0) is 0 Å². The fourth-order valence-corrected chi connectivity index (χ4v) is 5.71. The summed E-state index contributed by atoms with van der Waals surface area (Å²) in [6.45, 7) is 23.0. The van der Waals surface area contributed by atoms with E-state index in [1.165, 1.54) is 72.0 Å². The second-order valence-electron chi connectivity index (χ2n) is 15.3. The fraction of sp³-hybridized carbons (Fsp3) is 0.207. The Hall–Kier alpha value is -6.38. The molecule has 2 nitrogen and oxygen atoms in total. The molecule has 0 saturated heterocycles. The molecule has 0 aliphatic rings. The van der Waals surface area contributed by atoms with Gasteiger partial charge in [0.15, 0.2) is 0 Å². The number of phenols is 1. The molecule has 8 rings (SSSR count). The van der Waals surface area contributed by atoms with E-state index in [1.807, 2.05) is 61.5 Å². The molecule has 0 fully saturated rings. The van der Waals surface area contributed by atoms with E-state index in [1.54, 1.807) is 19.2 Å². The molecule has 0 unspecified atom stereocenters. The molecule has 312 valence electrons. The van der Waals surface area contributed by atoms with Gasteiger partial charge in [0, 0.05) is 0 Å². The summed E-state index contributed by atoms with van der Waals surface area (Å²) >= 11 is 0. The van der Waals surface area contributed by atoms with Gasteiger partial charge in [0.2, 0.25) is 0 Å². The average molecular weight is 797 g/mol. The van der Waals surface area contributed by atoms with Gasteiger partial charge in [-0.3, -0.25) is 0 Å². The highest BCUT2D eigenvalue weighted by Gasteiger charge is 1.90. The summed E-state index contributed by atoms with van der Waals surface area (Å²) in [5.41, 5.74) is 14.5. The van der Waals surface area contributed by atoms with Crippen LogP contribution >= 0.6 is 0 Å². The third-order valence-electron chi connectivity index (χ3n) is 8.89. The monoisotopic (exact) mass is 797 g/mol. The Morgan fingerprint density at radius 1 is 0.267 bits per heavy atom. The van der Waals surface area contributed by atoms with Crippen LogP contribution in [0.4, 0.5) is 0 Å². The molecule has 2 heteroatoms. The van der Waals surface area contributed by atoms with Crippen LogP contribution in [0.2, 0.25) is 0 Å². The van der Waals surface area contributed by atoms with Crippen LogP contribution in [0, 0.1) is 76.2 Å². The third-order valence-corrected chi connectivity index (χ3v) is 8.89. The minimum absolute atomic E-state index is 0.329. The molecule has 0 aliphatic carbocycles. The lowest BCUT2D eigenvalue weighted by molar-refractivity contribution is 0.414. The highest BCUT2D eigenvalue weighted by molar-refractivity contribution is 5.82. The molecule has 0 spiro atoms. The van der Waals surface area contributed by atoms with Crippen LogP contribution < -0.4 is 4.74 Å². The number of methoxy groups -OCH3 is 1. The Bertz CT molecular complexity index is 2190. The van der Waals surface area contributed by atoms with Gasteiger partial charge >= 0.3 is 0 Å². The average Bonchev–Trinajstić information content (AvgIpc) is 3.21. The quantitative estimate of drug-likeness (QED) is 0.179. The molecule has 1 N–H and O–H groups in total. The van der Waals surface area contributed by atoms with Crippen molar-refractivity contribution >= 4 is 10.8 Å². The Labute approximate surface area is 363 Å². The van der Waals surface area contributed by atoms with Crippen molar-refractivity contribution in [1.82, 2.24) is 0 Å². The Morgan fingerprint density at radius 2 is 0.583 bits per heavy atom. The van der Waals surface area contributed by atoms with Crippen LogP contribution in [0.5, 0.6) is 11.5 Å². The smallest absolute Gasteiger partial charge is 0.118 e. The molecule has 8 aromatic rings. The van der Waals surface area contributed by atoms with E-state index in [2.05, 4.69) is 191 Å². The number of aryl methyl sites for hydroxylation is 11. The Balaban J connectivity index is 0.000000242. The van der Waals surface area contributed by atoms with Crippen molar-refractivity contribution in [3.8, 4) is 11.5 Å². The summed E-state index contributed by atoms with van der Waals surface area (Å²) in [6.07, 6.45) is 0. The van der Waals surface area contributed by atoms with E-state index in [0.717, 1.165) is 5.75 Å². The van der Waals surface area contributed by atoms with Gasteiger partial charge in [-0.1, -0.05) is 225 Å². The van der Waals surface area contributed by atoms with Crippen LogP contribution in [0.25, 0.3) is 10.8 Å². The van der Waals surface area contributed by atoms with Crippen molar-refractivity contribution in [2.75, 3.05) is 7.11 Å². The fourth-order valence-electron chi connectivity index (χ4n) is 5.71. The molecule has 60 heavy (non-hydrogen) atoms. The first kappa shape index (κ1) is 49.8. The Morgan fingerprint density at radius 3 is 0.950 bits per heavy atom. The number of hydrogen-bond acceptors (Lipinski definition) is 2. The maximum atomic E-state index is 8.76. The second kappa shape index (κ2) is 28.1. The van der Waals surface area contributed by atoms with E-state index < -0.39 is 0 Å². The van der Waals surface area contributed by atoms with Crippen molar-refractivity contribution in [3.05, 3.63) is 249 Å². The molecule has 8 aromatic carbocycles. The topological polar surface area (TPSA) is 29.5 Å². The van der Waals surface area contributed by atoms with Gasteiger partial charge < -0.3 is 9.84 Å². The van der Waals surface area contributed by atoms with Crippen LogP contribution in [0.3, 0.4) is 0 Å². The maximum absolute atomic E-state index is 8.76. The molecule has 0 heterocycles. The van der Waals surface area contributed by atoms with Crippen molar-refractivity contribution in [2.24, 2.45) is 0 Å². The lowest BCUT2D eigenvalue weighted by Gasteiger charge is -1.97. The summed E-state index contributed by atoms with van der Waals surface area (Å²) in [5.74, 6) is 1.25. The van der Waals surface area contributed by atoms with Crippen molar-refractivity contribution in [1.29, 1.82) is 0 Å². The third kappa shape index (κ3) is 23.1. The van der Waals surface area contributed by atoms with Crippen molar-refractivity contribution < 1.29 is 9.84 Å². The molecule has 0 amide bonds. The largest absolute Gasteiger partial charge is 0.508 e. The van der Waals surface area contributed by atoms with Gasteiger partial charge in [-0.2, -0.15) is 0 Å². The van der Waals surface area contributed by atoms with E-state index in [9.17, 15) is 0 Å². The van der Waals surface area contributed by atoms with Crippen LogP contribution in [-0.4, -0.2) is 12.2 Å². The molecule has 0 atom stereocenters. The van der Waals surface area contributed by atoms with Gasteiger partial charge in [-0.05, 0) is 111 Å². The van der Waals surface area contributed by atoms with E-state index >= 15 is 0 Å². The van der Waals surface area contributed by atoms with Crippen molar-refractivity contribution in [3.63, 3.8) is 0 Å². The predicted molar refractivity (Wildman–Crippen MR) is 263 cm³/mol. The Kier molecular flexibility index (Phi) is 23.3. The molecule has 0 bridgehead atoms. The van der Waals surface area contributed by atoms with E-state index in [4.69, 9.17) is 9.84 Å². The van der Waals surface area contributed by atoms with E-state index in [0.29, 0.717) is 5.75 Å². The standard InChI is InChI=1S/C11H10.C9H12.C8H10O.2C8H10.C7H8O.C7H8/c1-9-6-7-10-4-2-3-5-11(10)8-9;1-7-4-8(2)6-9(3)5-7;1-7-3-5-8(9-2)6-4-7;1-7-3-5-8(2)6-4-7;1-7-4-3-5-8(2)6-7;1-6-2-4-7(8)5-3-6;1-7-5-3-2-4-6-7/h2-8H,1H3;4-6H,1-3H3;3-6H,1-2H3;2*3-6H,1-2H3;2-5,8H,1H3;2-6H,1H3. The first-order chi connectivity index (χ1) is 28.6. The zero-order valence-electron chi connectivity index (χ0n) is 38.3. The summed E-state index contributed by atoms with van der Waals surface area (Å²) in [7, 11) is 1.67. The number of hydrogen-bond donors (Lipinski definition) is 1. The maximum Gasteiger partial charge on any atom is 0.118 e.